The van der Waals surface area contributed by atoms with Gasteiger partial charge in [0.25, 0.3) is 0 Å². The van der Waals surface area contributed by atoms with Crippen LogP contribution in [0.1, 0.15) is 19.3 Å². The molecule has 2 unspecified atom stereocenters. The van der Waals surface area contributed by atoms with E-state index in [-0.39, 0.29) is 11.6 Å². The molecule has 4 heteroatoms. The fraction of sp³-hybridized carbons (Fsp3) is 0.900. The minimum absolute atomic E-state index is 0.206. The molecule has 14 heavy (non-hydrogen) atoms. The zero-order valence-corrected chi connectivity index (χ0v) is 8.88. The number of methoxy groups -OCH3 is 1. The van der Waals surface area contributed by atoms with Crippen molar-refractivity contribution < 1.29 is 9.47 Å². The van der Waals surface area contributed by atoms with Crippen molar-refractivity contribution in [2.75, 3.05) is 27.4 Å². The van der Waals surface area contributed by atoms with E-state index in [1.54, 1.807) is 7.11 Å². The molecule has 4 nitrogen and oxygen atoms in total. The van der Waals surface area contributed by atoms with E-state index in [9.17, 15) is 0 Å². The lowest BCUT2D eigenvalue weighted by atomic mass is 10.0. The van der Waals surface area contributed by atoms with Gasteiger partial charge in [-0.1, -0.05) is 0 Å². The van der Waals surface area contributed by atoms with Crippen LogP contribution in [0.3, 0.4) is 0 Å². The fourth-order valence-electron chi connectivity index (χ4n) is 1.83. The Morgan fingerprint density at radius 3 is 2.86 bits per heavy atom. The Labute approximate surface area is 85.2 Å². The van der Waals surface area contributed by atoms with Crippen LogP contribution in [0.25, 0.3) is 0 Å². The van der Waals surface area contributed by atoms with E-state index in [2.05, 4.69) is 11.4 Å². The van der Waals surface area contributed by atoms with Crippen molar-refractivity contribution in [2.24, 2.45) is 0 Å². The van der Waals surface area contributed by atoms with Gasteiger partial charge in [0.2, 0.25) is 0 Å². The molecule has 1 saturated carbocycles. The second-order valence-electron chi connectivity index (χ2n) is 3.67. The van der Waals surface area contributed by atoms with Crippen molar-refractivity contribution >= 4 is 0 Å². The molecular weight excluding hydrogens is 180 g/mol. The molecule has 80 valence electrons. The Balaban J connectivity index is 2.30. The maximum atomic E-state index is 9.01. The summed E-state index contributed by atoms with van der Waals surface area (Å²) >= 11 is 0. The van der Waals surface area contributed by atoms with Crippen molar-refractivity contribution in [3.8, 4) is 6.07 Å². The van der Waals surface area contributed by atoms with Gasteiger partial charge in [0.05, 0.1) is 25.4 Å². The van der Waals surface area contributed by atoms with Gasteiger partial charge in [-0.05, 0) is 19.9 Å². The van der Waals surface area contributed by atoms with Gasteiger partial charge in [0, 0.05) is 13.5 Å². The van der Waals surface area contributed by atoms with Crippen LogP contribution in [-0.4, -0.2) is 39.0 Å². The molecule has 1 aliphatic carbocycles. The zero-order valence-electron chi connectivity index (χ0n) is 8.88. The summed E-state index contributed by atoms with van der Waals surface area (Å²) in [6, 6.07) is 2.33. The van der Waals surface area contributed by atoms with E-state index in [1.165, 1.54) is 0 Å². The van der Waals surface area contributed by atoms with E-state index in [0.717, 1.165) is 19.3 Å². The van der Waals surface area contributed by atoms with Crippen LogP contribution in [0.5, 0.6) is 0 Å². The average Bonchev–Trinajstić information content (AvgIpc) is 2.63. The van der Waals surface area contributed by atoms with Crippen molar-refractivity contribution in [1.82, 2.24) is 5.32 Å². The highest BCUT2D eigenvalue weighted by molar-refractivity contribution is 5.11. The van der Waals surface area contributed by atoms with Gasteiger partial charge < -0.3 is 14.8 Å². The Bertz CT molecular complexity index is 215. The molecule has 0 saturated heterocycles. The van der Waals surface area contributed by atoms with Crippen LogP contribution in [0.15, 0.2) is 0 Å². The minimum atomic E-state index is -0.363. The molecule has 0 spiro atoms. The number of ether oxygens (including phenoxy) is 2. The van der Waals surface area contributed by atoms with E-state index < -0.39 is 0 Å². The highest BCUT2D eigenvalue weighted by Gasteiger charge is 2.38. The van der Waals surface area contributed by atoms with Crippen LogP contribution in [-0.2, 0) is 9.47 Å². The number of hydrogen-bond donors (Lipinski definition) is 1. The SMILES string of the molecule is CNC1(C#N)CCC(OCCOC)C1. The zero-order chi connectivity index (χ0) is 10.4. The van der Waals surface area contributed by atoms with Gasteiger partial charge in [-0.3, -0.25) is 0 Å². The Hall–Kier alpha value is -0.630. The van der Waals surface area contributed by atoms with Crippen LogP contribution in [0.2, 0.25) is 0 Å². The van der Waals surface area contributed by atoms with E-state index in [1.807, 2.05) is 7.05 Å². The molecule has 0 heterocycles. The highest BCUT2D eigenvalue weighted by atomic mass is 16.5. The Morgan fingerprint density at radius 1 is 1.57 bits per heavy atom. The summed E-state index contributed by atoms with van der Waals surface area (Å²) in [4.78, 5) is 0. The number of hydrogen-bond acceptors (Lipinski definition) is 4. The van der Waals surface area contributed by atoms with Crippen LogP contribution in [0, 0.1) is 11.3 Å². The lowest BCUT2D eigenvalue weighted by Crippen LogP contribution is -2.39. The Kier molecular flexibility index (Phi) is 4.33. The van der Waals surface area contributed by atoms with Gasteiger partial charge in [-0.2, -0.15) is 5.26 Å². The van der Waals surface area contributed by atoms with Crippen molar-refractivity contribution in [2.45, 2.75) is 30.9 Å². The minimum Gasteiger partial charge on any atom is -0.382 e. The molecule has 0 radical (unpaired) electrons. The molecule has 0 aromatic rings. The summed E-state index contributed by atoms with van der Waals surface area (Å²) in [5.41, 5.74) is -0.363. The van der Waals surface area contributed by atoms with Gasteiger partial charge in [0.15, 0.2) is 0 Å². The molecule has 0 aromatic carbocycles. The summed E-state index contributed by atoms with van der Waals surface area (Å²) in [5, 5.41) is 12.1. The lowest BCUT2D eigenvalue weighted by molar-refractivity contribution is 0.0188. The Morgan fingerprint density at radius 2 is 2.36 bits per heavy atom. The topological polar surface area (TPSA) is 54.3 Å². The third-order valence-corrected chi connectivity index (χ3v) is 2.80. The standard InChI is InChI=1S/C10H18N2O2/c1-12-10(8-11)4-3-9(7-10)14-6-5-13-2/h9,12H,3-7H2,1-2H3. The van der Waals surface area contributed by atoms with E-state index >= 15 is 0 Å². The summed E-state index contributed by atoms with van der Waals surface area (Å²) in [5.74, 6) is 0. The first-order valence-electron chi connectivity index (χ1n) is 4.97. The van der Waals surface area contributed by atoms with E-state index in [4.69, 9.17) is 14.7 Å². The third kappa shape index (κ3) is 2.68. The van der Waals surface area contributed by atoms with Gasteiger partial charge in [-0.25, -0.2) is 0 Å². The normalized spacial score (nSPS) is 31.6. The number of nitrogens with zero attached hydrogens (tertiary/aromatic N) is 1. The molecular formula is C10H18N2O2. The quantitative estimate of drug-likeness (QED) is 0.660. The third-order valence-electron chi connectivity index (χ3n) is 2.80. The van der Waals surface area contributed by atoms with Gasteiger partial charge in [-0.15, -0.1) is 0 Å². The fourth-order valence-corrected chi connectivity index (χ4v) is 1.83. The van der Waals surface area contributed by atoms with Crippen LogP contribution < -0.4 is 5.32 Å². The summed E-state index contributed by atoms with van der Waals surface area (Å²) < 4.78 is 10.5. The average molecular weight is 198 g/mol. The van der Waals surface area contributed by atoms with Crippen LogP contribution >= 0.6 is 0 Å². The van der Waals surface area contributed by atoms with Crippen LogP contribution in [0.4, 0.5) is 0 Å². The first kappa shape index (κ1) is 11.4. The van der Waals surface area contributed by atoms with Gasteiger partial charge >= 0.3 is 0 Å². The largest absolute Gasteiger partial charge is 0.382 e. The van der Waals surface area contributed by atoms with Gasteiger partial charge in [0.1, 0.15) is 5.54 Å². The smallest absolute Gasteiger partial charge is 0.109 e. The first-order chi connectivity index (χ1) is 6.76. The first-order valence-corrected chi connectivity index (χ1v) is 4.97. The predicted octanol–water partition coefficient (Wildman–Crippen LogP) is 0.684. The molecule has 0 aromatic heterocycles. The second kappa shape index (κ2) is 5.30. The summed E-state index contributed by atoms with van der Waals surface area (Å²) in [6.07, 6.45) is 2.82. The number of nitriles is 1. The lowest BCUT2D eigenvalue weighted by Gasteiger charge is -2.19. The molecule has 1 aliphatic rings. The molecule has 0 aliphatic heterocycles. The molecule has 0 amide bonds. The summed E-state index contributed by atoms with van der Waals surface area (Å²) in [6.45, 7) is 1.24. The molecule has 1 rings (SSSR count). The number of nitrogens with one attached hydrogen (secondary N) is 1. The maximum Gasteiger partial charge on any atom is 0.109 e. The monoisotopic (exact) mass is 198 g/mol. The predicted molar refractivity (Wildman–Crippen MR) is 52.9 cm³/mol. The number of rotatable bonds is 5. The van der Waals surface area contributed by atoms with Crippen molar-refractivity contribution in [3.63, 3.8) is 0 Å². The van der Waals surface area contributed by atoms with E-state index in [0.29, 0.717) is 13.2 Å². The molecule has 2 atom stereocenters. The maximum absolute atomic E-state index is 9.01. The molecule has 1 fully saturated rings. The summed E-state index contributed by atoms with van der Waals surface area (Å²) in [7, 11) is 3.49. The highest BCUT2D eigenvalue weighted by Crippen LogP contribution is 2.30. The van der Waals surface area contributed by atoms with Crippen molar-refractivity contribution in [1.29, 1.82) is 5.26 Å². The second-order valence-corrected chi connectivity index (χ2v) is 3.67. The van der Waals surface area contributed by atoms with Crippen molar-refractivity contribution in [3.05, 3.63) is 0 Å². The molecule has 1 N–H and O–H groups in total. The molecule has 0 bridgehead atoms.